The van der Waals surface area contributed by atoms with Gasteiger partial charge in [-0.2, -0.15) is 10.2 Å². The van der Waals surface area contributed by atoms with Crippen molar-refractivity contribution in [1.82, 2.24) is 82.8 Å². The highest BCUT2D eigenvalue weighted by Crippen LogP contribution is 2.43. The number of pyridine rings is 1. The smallest absolute Gasteiger partial charge is 0.349 e. The molecule has 0 saturated carbocycles. The number of aliphatic hydroxyl groups excluding tert-OH is 16. The summed E-state index contributed by atoms with van der Waals surface area (Å²) in [5, 5.41) is 182. The molecule has 7 aromatic rings. The van der Waals surface area contributed by atoms with E-state index in [2.05, 4.69) is 51.2 Å². The minimum absolute atomic E-state index is 0.0200. The van der Waals surface area contributed by atoms with E-state index in [1.807, 2.05) is 6.07 Å². The number of allylic oxidation sites excluding steroid dienone is 1. The first kappa shape index (κ1) is 93.1. The standard InChI is InChI=1S/C13H12N2O6.C10H10N4O4.C10H12N4O4.C10H13N3O4.2C10H12N2O5.C9H10N4O3.C7H11NO4/c16-6-3-9(18)15-12-5(6)1-2-8(17)14(12)4-7-10(19)11(20)13(15)21-7;15-6-5-2-13-8-4(1-11-10(13)17)12-3-14(8)9(18-5)7(6)16;15-6-2-1-4-9-13(12-11-4)3-5-7(16)8(17)10(18-5)14(6)9;11-10(16)7-4-1-5-8(14)9(15)6(17-5)2-13(4)3-12-7;13-4-1-6-11-3-5-8(15)9(16)10(17-5)12(6)7(14)2-4;13-7-2-4-1-5-8(14)9(15)6(17-5)3-12(4)10(16)11-7;10-1-4-8-11-2-5-6(14)7(15)9(16-5)13(8)3-12-4;9-5-1-3-6(10)7(11)4(12-3)2-8-5/h1-2,7,10-11,13,19-20H,3-4H2;1,3,5-7,9,15-16H,2H2;5,7-8,10,16-17H,1-3H2;3,5-6,8-9,14-15H,1-2H2,(H2,11,16);1,5,8-11,15-16H,2-3H2;2,5-6,8-9,14-15H,1,3H2,(H,11,13,16);3,5-7,9,11,14-15H,2H2;3-4,6-7,10-11H,1-2H2,(H,8,9)/t7?,10-,11?,13?;5?,6-,7?,9?;5?,7-,8?,10?;5?,6?,8?,9-;5?,8-,9?,10?;5?,6?,8?,9-;5?,6-,7?,9?;3?,4?,6?,7-/m11111111/s1. The van der Waals surface area contributed by atoms with Gasteiger partial charge in [0.2, 0.25) is 23.6 Å². The van der Waals surface area contributed by atoms with E-state index in [-0.39, 0.29) is 110 Å². The number of aryl methyl sites for hydroxylation is 1. The summed E-state index contributed by atoms with van der Waals surface area (Å²) in [5.74, 6) is -0.860. The Kier molecular flexibility index (Phi) is 24.8. The largest absolute Gasteiger partial charge is 0.388 e. The Bertz CT molecular complexity index is 6240. The van der Waals surface area contributed by atoms with Gasteiger partial charge in [-0.15, -0.1) is 5.10 Å². The third-order valence-corrected chi connectivity index (χ3v) is 26.9. The fourth-order valence-electron chi connectivity index (χ4n) is 19.9. The number of ketones is 2. The van der Waals surface area contributed by atoms with E-state index in [0.29, 0.717) is 78.9 Å². The average molecular weight is 1910 g/mol. The molecule has 16 bridgehead atoms. The number of aromatic amines is 1. The van der Waals surface area contributed by atoms with Crippen molar-refractivity contribution in [3.8, 4) is 6.07 Å². The molecule has 0 spiro atoms. The second-order valence-electron chi connectivity index (χ2n) is 35.2. The Labute approximate surface area is 759 Å². The first-order valence-corrected chi connectivity index (χ1v) is 43.3. The number of nitrogens with zero attached hydrogens (tertiary/aromatic N) is 17. The molecule has 26 heterocycles. The van der Waals surface area contributed by atoms with Crippen molar-refractivity contribution in [1.29, 1.82) is 5.26 Å². The molecule has 19 aliphatic heterocycles. The molecule has 57 heteroatoms. The monoisotopic (exact) mass is 1910 g/mol. The Morgan fingerprint density at radius 1 is 0.471 bits per heavy atom. The highest BCUT2D eigenvalue weighted by molar-refractivity contribution is 6.19. The van der Waals surface area contributed by atoms with Crippen LogP contribution < -0.4 is 54.0 Å². The summed E-state index contributed by atoms with van der Waals surface area (Å²) >= 11 is 0. The summed E-state index contributed by atoms with van der Waals surface area (Å²) in [7, 11) is 0. The molecule has 26 rings (SSSR count). The van der Waals surface area contributed by atoms with Crippen LogP contribution in [0.4, 0.5) is 17.5 Å². The molecule has 7 aromatic heterocycles. The van der Waals surface area contributed by atoms with Crippen molar-refractivity contribution in [2.24, 2.45) is 5.73 Å². The maximum Gasteiger partial charge on any atom is 0.349 e. The number of ether oxygens (including phenoxy) is 8. The van der Waals surface area contributed by atoms with Gasteiger partial charge in [0.25, 0.3) is 17.0 Å². The second-order valence-corrected chi connectivity index (χ2v) is 35.2. The van der Waals surface area contributed by atoms with Crippen molar-refractivity contribution >= 4 is 69.7 Å². The number of fused-ring (bicyclic) bond motifs is 25. The summed E-state index contributed by atoms with van der Waals surface area (Å²) in [6, 6.07) is 5.92. The molecule has 0 aromatic carbocycles. The lowest BCUT2D eigenvalue weighted by atomic mass is 10.00. The van der Waals surface area contributed by atoms with Crippen LogP contribution in [0, 0.1) is 11.3 Å². The molecule has 22 N–H and O–H groups in total. The normalized spacial score (nSPS) is 37.0. The highest BCUT2D eigenvalue weighted by Gasteiger charge is 2.58. The summed E-state index contributed by atoms with van der Waals surface area (Å²) in [6.45, 7) is 1.81. The minimum atomic E-state index is -1.27. The van der Waals surface area contributed by atoms with Gasteiger partial charge in [-0.3, -0.25) is 85.7 Å². The molecule has 32 atom stereocenters. The molecule has 5 amide bonds. The van der Waals surface area contributed by atoms with E-state index >= 15 is 0 Å². The zero-order valence-electron chi connectivity index (χ0n) is 70.8. The lowest BCUT2D eigenvalue weighted by Gasteiger charge is -2.34. The SMILES string of the molecule is N#Cc1ncn2c1NCC1OC2C(O)[C@@H]1O.NC(=O)c1ncn2c1CC1OC(C2)[C@@H](O)C1O.O=C1C=C2NCC3OC(C(O)[C@@H]3O)N2C(=O)C1.O=C1CC(=O)N2c3c1ccc(=O)n3CC1OC2C(O)[C@@H]1O.O=C1CC2OC(CN1)[C@@H](O)C2O.O=C1CCc2nnn3c2N1C1OC(C3)[C@@H](O)C1O.O=c1cc2n(c(=O)[nH]1)CC1OC(C2)C(O)[C@@H]1O.O=c1ncc2ncn3c2n1CC1OC3C(O)[C@@H]1O. The van der Waals surface area contributed by atoms with Gasteiger partial charge in [0, 0.05) is 69.2 Å². The Morgan fingerprint density at radius 2 is 0.978 bits per heavy atom. The van der Waals surface area contributed by atoms with Crippen LogP contribution >= 0.6 is 0 Å². The van der Waals surface area contributed by atoms with Crippen molar-refractivity contribution in [2.45, 2.75) is 274 Å². The number of anilines is 3. The van der Waals surface area contributed by atoms with Crippen LogP contribution in [0.2, 0.25) is 0 Å². The van der Waals surface area contributed by atoms with Crippen LogP contribution in [-0.4, -0.2) is 398 Å². The van der Waals surface area contributed by atoms with Gasteiger partial charge < -0.3 is 146 Å². The van der Waals surface area contributed by atoms with E-state index in [1.54, 1.807) is 18.4 Å². The van der Waals surface area contributed by atoms with E-state index < -0.39 is 231 Å². The van der Waals surface area contributed by atoms with Gasteiger partial charge >= 0.3 is 11.4 Å². The molecule has 728 valence electrons. The number of Topliss-reactive ketones (excluding diaryl/α,β-unsaturated/α-hetero) is 1. The lowest BCUT2D eigenvalue weighted by molar-refractivity contribution is -0.148. The minimum Gasteiger partial charge on any atom is -0.388 e. The van der Waals surface area contributed by atoms with Gasteiger partial charge in [-0.05, 0) is 6.07 Å². The number of aromatic nitrogens is 14. The fraction of sp³-hybridized carbons (Fsp3) is 0.595. The van der Waals surface area contributed by atoms with Crippen LogP contribution in [0.5, 0.6) is 0 Å². The van der Waals surface area contributed by atoms with E-state index in [1.165, 1.54) is 73.0 Å². The van der Waals surface area contributed by atoms with Crippen LogP contribution in [-0.2, 0) is 114 Å². The zero-order valence-corrected chi connectivity index (χ0v) is 70.8. The molecular formula is C79H92N22O35. The average Bonchev–Trinajstić information content (AvgIpc) is 1.56. The predicted molar refractivity (Wildman–Crippen MR) is 436 cm³/mol. The van der Waals surface area contributed by atoms with Crippen molar-refractivity contribution in [3.05, 3.63) is 131 Å². The molecule has 0 radical (unpaired) electrons. The summed E-state index contributed by atoms with van der Waals surface area (Å²) in [4.78, 5) is 150. The number of hydrogen-bond acceptors (Lipinski definition) is 44. The summed E-state index contributed by atoms with van der Waals surface area (Å²) < 4.78 is 54.2. The van der Waals surface area contributed by atoms with Crippen LogP contribution in [0.3, 0.4) is 0 Å². The number of carbonyl (C=O) groups is 7. The number of primary amides is 1. The van der Waals surface area contributed by atoms with Gasteiger partial charge in [0.05, 0.1) is 100 Å². The van der Waals surface area contributed by atoms with Gasteiger partial charge in [-0.1, -0.05) is 5.21 Å². The molecule has 10 saturated heterocycles. The third kappa shape index (κ3) is 16.2. The molecule has 19 aliphatic rings. The molecule has 136 heavy (non-hydrogen) atoms. The first-order chi connectivity index (χ1) is 64.9. The van der Waals surface area contributed by atoms with Crippen LogP contribution in [0.1, 0.15) is 81.8 Å². The second kappa shape index (κ2) is 36.2. The number of aliphatic hydroxyl groups is 16. The number of H-pyrrole nitrogens is 1. The number of amides is 5. The van der Waals surface area contributed by atoms with Crippen LogP contribution in [0.25, 0.3) is 11.2 Å². The number of nitrogens with two attached hydrogens (primary N) is 1. The molecule has 10 fully saturated rings. The number of rotatable bonds is 1. The number of nitrogens with one attached hydrogen (secondary N) is 4. The Hall–Kier alpha value is -11.9. The maximum absolute atomic E-state index is 12.2. The first-order valence-electron chi connectivity index (χ1n) is 43.3. The third-order valence-electron chi connectivity index (χ3n) is 26.9. The predicted octanol–water partition coefficient (Wildman–Crippen LogP) is -15.4. The fourth-order valence-corrected chi connectivity index (χ4v) is 19.9. The number of hydrogen-bond donors (Lipinski definition) is 21. The molecule has 24 unspecified atom stereocenters. The highest BCUT2D eigenvalue weighted by atomic mass is 16.6. The van der Waals surface area contributed by atoms with Gasteiger partial charge in [0.15, 0.2) is 54.2 Å². The lowest BCUT2D eigenvalue weighted by Crippen LogP contribution is -2.53. The Balaban J connectivity index is 0.0000001000. The van der Waals surface area contributed by atoms with Crippen molar-refractivity contribution < 1.29 is 153 Å². The maximum atomic E-state index is 12.2. The number of carbonyl (C=O) groups excluding carboxylic acids is 7. The van der Waals surface area contributed by atoms with Crippen molar-refractivity contribution in [3.63, 3.8) is 0 Å². The summed E-state index contributed by atoms with van der Waals surface area (Å²) in [6.07, 6.45) is -18.5. The molecule has 0 aliphatic carbocycles. The summed E-state index contributed by atoms with van der Waals surface area (Å²) in [5.41, 5.74) is 7.23. The van der Waals surface area contributed by atoms with E-state index in [4.69, 9.17) is 48.9 Å². The van der Waals surface area contributed by atoms with Gasteiger partial charge in [-0.25, -0.2) is 29.2 Å². The van der Waals surface area contributed by atoms with E-state index in [9.17, 15) is 134 Å². The quantitative estimate of drug-likeness (QED) is 0.0679. The van der Waals surface area contributed by atoms with Crippen LogP contribution in [0.15, 0.2) is 74.5 Å². The van der Waals surface area contributed by atoms with E-state index in [0.717, 1.165) is 10.6 Å². The topological polar surface area (TPSA) is 809 Å². The number of imidazole rings is 3. The number of nitriles is 1. The van der Waals surface area contributed by atoms with Gasteiger partial charge in [0.1, 0.15) is 199 Å². The van der Waals surface area contributed by atoms with Crippen molar-refractivity contribution in [2.75, 3.05) is 34.8 Å². The molecular weight excluding hydrogens is 1820 g/mol. The Morgan fingerprint density at radius 3 is 1.65 bits per heavy atom. The zero-order chi connectivity index (χ0) is 96.2. The molecule has 57 nitrogen and oxygen atoms in total.